The van der Waals surface area contributed by atoms with Crippen LogP contribution in [0.4, 0.5) is 11.4 Å². The summed E-state index contributed by atoms with van der Waals surface area (Å²) in [5, 5.41) is 9.01. The smallest absolute Gasteiger partial charge is 0.354 e. The van der Waals surface area contributed by atoms with Gasteiger partial charge in [0.2, 0.25) is 5.91 Å². The lowest BCUT2D eigenvalue weighted by atomic mass is 10.2. The normalized spacial score (nSPS) is 14.9. The summed E-state index contributed by atoms with van der Waals surface area (Å²) in [6, 6.07) is 0. The molecule has 1 amide bonds. The van der Waals surface area contributed by atoms with Gasteiger partial charge in [-0.05, 0) is 0 Å². The number of rotatable bonds is 1. The van der Waals surface area contributed by atoms with Crippen LogP contribution in [-0.2, 0) is 4.79 Å². The van der Waals surface area contributed by atoms with Gasteiger partial charge in [-0.1, -0.05) is 0 Å². The fourth-order valence-electron chi connectivity index (χ4n) is 1.97. The van der Waals surface area contributed by atoms with Crippen molar-refractivity contribution in [1.82, 2.24) is 4.98 Å². The molecule has 0 bridgehead atoms. The third-order valence-corrected chi connectivity index (χ3v) is 2.76. The lowest BCUT2D eigenvalue weighted by Gasteiger charge is -2.33. The third kappa shape index (κ3) is 1.42. The fraction of sp³-hybridized carbons (Fsp3) is 0.400. The van der Waals surface area contributed by atoms with Gasteiger partial charge in [-0.25, -0.2) is 4.79 Å². The average Bonchev–Trinajstić information content (AvgIpc) is 2.62. The van der Waals surface area contributed by atoms with Gasteiger partial charge < -0.3 is 19.9 Å². The van der Waals surface area contributed by atoms with E-state index in [1.54, 1.807) is 11.1 Å². The summed E-state index contributed by atoms with van der Waals surface area (Å²) in [5.74, 6) is -1.09. The molecule has 6 heteroatoms. The molecule has 2 N–H and O–H groups in total. The Morgan fingerprint density at radius 1 is 1.44 bits per heavy atom. The minimum absolute atomic E-state index is 0.0784. The Balaban J connectivity index is 2.53. The lowest BCUT2D eigenvalue weighted by molar-refractivity contribution is -0.116. The Labute approximate surface area is 92.5 Å². The maximum absolute atomic E-state index is 11.4. The first-order valence-corrected chi connectivity index (χ1v) is 4.96. The number of likely N-dealkylation sites (N-methyl/N-ethyl adjacent to an activating group) is 1. The van der Waals surface area contributed by atoms with Crippen LogP contribution in [0.5, 0.6) is 0 Å². The monoisotopic (exact) mass is 223 g/mol. The highest BCUT2D eigenvalue weighted by Gasteiger charge is 2.29. The molecule has 0 saturated carbocycles. The Bertz CT molecular complexity index is 452. The molecule has 2 heterocycles. The van der Waals surface area contributed by atoms with E-state index in [0.29, 0.717) is 24.5 Å². The van der Waals surface area contributed by atoms with Crippen molar-refractivity contribution >= 4 is 23.3 Å². The summed E-state index contributed by atoms with van der Waals surface area (Å²) < 4.78 is 0. The van der Waals surface area contributed by atoms with E-state index in [9.17, 15) is 9.59 Å². The number of H-pyrrole nitrogens is 1. The molecule has 2 rings (SSSR count). The summed E-state index contributed by atoms with van der Waals surface area (Å²) in [4.78, 5) is 28.5. The maximum atomic E-state index is 11.4. The van der Waals surface area contributed by atoms with Crippen LogP contribution in [-0.4, -0.2) is 42.1 Å². The quantitative estimate of drug-likeness (QED) is 0.727. The molecule has 0 unspecified atom stereocenters. The summed E-state index contributed by atoms with van der Waals surface area (Å²) >= 11 is 0. The van der Waals surface area contributed by atoms with Crippen LogP contribution in [0.1, 0.15) is 17.4 Å². The van der Waals surface area contributed by atoms with Crippen molar-refractivity contribution in [1.29, 1.82) is 0 Å². The molecule has 0 spiro atoms. The number of nitrogens with zero attached hydrogens (tertiary/aromatic N) is 2. The van der Waals surface area contributed by atoms with Crippen molar-refractivity contribution in [2.75, 3.05) is 29.9 Å². The largest absolute Gasteiger partial charge is 0.477 e. The second-order valence-electron chi connectivity index (χ2n) is 3.79. The predicted octanol–water partition coefficient (Wildman–Crippen LogP) is 0.516. The number of aromatic carboxylic acids is 1. The zero-order valence-corrected chi connectivity index (χ0v) is 9.15. The highest BCUT2D eigenvalue weighted by atomic mass is 16.4. The van der Waals surface area contributed by atoms with Crippen LogP contribution in [0.25, 0.3) is 0 Å². The first kappa shape index (κ1) is 10.5. The number of nitrogens with one attached hydrogen (secondary N) is 1. The molecule has 1 aromatic rings. The number of aromatic amines is 1. The molecule has 0 aromatic carbocycles. The van der Waals surface area contributed by atoms with E-state index in [4.69, 9.17) is 5.11 Å². The summed E-state index contributed by atoms with van der Waals surface area (Å²) in [6.07, 6.45) is 1.57. The van der Waals surface area contributed by atoms with E-state index in [1.807, 2.05) is 11.9 Å². The van der Waals surface area contributed by atoms with Crippen molar-refractivity contribution < 1.29 is 14.7 Å². The van der Waals surface area contributed by atoms with Crippen LogP contribution in [0, 0.1) is 0 Å². The lowest BCUT2D eigenvalue weighted by Crippen LogP contribution is -2.41. The molecule has 0 saturated heterocycles. The number of fused-ring (bicyclic) bond motifs is 1. The molecular formula is C10H13N3O3. The van der Waals surface area contributed by atoms with E-state index in [2.05, 4.69) is 4.98 Å². The van der Waals surface area contributed by atoms with Gasteiger partial charge in [0, 0.05) is 33.3 Å². The number of carboxylic acids is 1. The van der Waals surface area contributed by atoms with E-state index in [-0.39, 0.29) is 11.6 Å². The molecular weight excluding hydrogens is 210 g/mol. The van der Waals surface area contributed by atoms with Crippen LogP contribution < -0.4 is 9.80 Å². The highest BCUT2D eigenvalue weighted by molar-refractivity contribution is 6.03. The molecule has 86 valence electrons. The number of carbonyl (C=O) groups is 2. The van der Waals surface area contributed by atoms with Gasteiger partial charge >= 0.3 is 5.97 Å². The molecule has 1 aliphatic rings. The van der Waals surface area contributed by atoms with Crippen LogP contribution >= 0.6 is 0 Å². The van der Waals surface area contributed by atoms with Crippen LogP contribution in [0.3, 0.4) is 0 Å². The second kappa shape index (κ2) is 3.55. The Morgan fingerprint density at radius 3 is 2.69 bits per heavy atom. The fourth-order valence-corrected chi connectivity index (χ4v) is 1.97. The molecule has 6 nitrogen and oxygen atoms in total. The first-order valence-electron chi connectivity index (χ1n) is 4.96. The molecule has 1 aliphatic heterocycles. The average molecular weight is 223 g/mol. The van der Waals surface area contributed by atoms with E-state index < -0.39 is 5.97 Å². The minimum atomic E-state index is -1.02. The van der Waals surface area contributed by atoms with Crippen LogP contribution in [0.15, 0.2) is 6.20 Å². The Kier molecular flexibility index (Phi) is 2.34. The van der Waals surface area contributed by atoms with Gasteiger partial charge in [0.05, 0.1) is 11.4 Å². The zero-order chi connectivity index (χ0) is 11.9. The topological polar surface area (TPSA) is 76.6 Å². The zero-order valence-electron chi connectivity index (χ0n) is 9.15. The Hall–Kier alpha value is -1.98. The molecule has 0 radical (unpaired) electrons. The van der Waals surface area contributed by atoms with Crippen molar-refractivity contribution in [2.45, 2.75) is 6.92 Å². The van der Waals surface area contributed by atoms with Crippen LogP contribution in [0.2, 0.25) is 0 Å². The van der Waals surface area contributed by atoms with Crippen molar-refractivity contribution in [3.05, 3.63) is 11.9 Å². The molecule has 16 heavy (non-hydrogen) atoms. The molecule has 0 aliphatic carbocycles. The molecule has 0 fully saturated rings. The molecule has 1 aromatic heterocycles. The number of carbonyl (C=O) groups excluding carboxylic acids is 1. The van der Waals surface area contributed by atoms with Gasteiger partial charge in [-0.3, -0.25) is 4.79 Å². The summed E-state index contributed by atoms with van der Waals surface area (Å²) in [6.45, 7) is 2.68. The minimum Gasteiger partial charge on any atom is -0.477 e. The third-order valence-electron chi connectivity index (χ3n) is 2.76. The van der Waals surface area contributed by atoms with E-state index >= 15 is 0 Å². The number of amides is 1. The number of hydrogen-bond donors (Lipinski definition) is 2. The van der Waals surface area contributed by atoms with Gasteiger partial charge in [0.25, 0.3) is 0 Å². The van der Waals surface area contributed by atoms with Crippen molar-refractivity contribution in [3.8, 4) is 0 Å². The summed E-state index contributed by atoms with van der Waals surface area (Å²) in [5.41, 5.74) is 1.34. The number of carboxylic acid groups (broad SMARTS) is 1. The van der Waals surface area contributed by atoms with Gasteiger partial charge in [-0.2, -0.15) is 0 Å². The maximum Gasteiger partial charge on any atom is 0.354 e. The highest BCUT2D eigenvalue weighted by Crippen LogP contribution is 2.35. The van der Waals surface area contributed by atoms with Gasteiger partial charge in [0.15, 0.2) is 5.69 Å². The SMILES string of the molecule is CC(=O)N1CCN(C)c2c1c[nH]c2C(=O)O. The summed E-state index contributed by atoms with van der Waals surface area (Å²) in [7, 11) is 1.82. The predicted molar refractivity (Wildman–Crippen MR) is 59.0 cm³/mol. The van der Waals surface area contributed by atoms with E-state index in [1.165, 1.54) is 6.92 Å². The number of hydrogen-bond acceptors (Lipinski definition) is 3. The second-order valence-corrected chi connectivity index (χ2v) is 3.79. The Morgan fingerprint density at radius 2 is 2.12 bits per heavy atom. The number of anilines is 2. The van der Waals surface area contributed by atoms with Crippen molar-refractivity contribution in [3.63, 3.8) is 0 Å². The van der Waals surface area contributed by atoms with Gasteiger partial charge in [-0.15, -0.1) is 0 Å². The van der Waals surface area contributed by atoms with Crippen molar-refractivity contribution in [2.24, 2.45) is 0 Å². The standard InChI is InChI=1S/C10H13N3O3/c1-6(14)13-4-3-12(2)9-7(13)5-11-8(9)10(15)16/h5,11H,3-4H2,1-2H3,(H,15,16). The van der Waals surface area contributed by atoms with Gasteiger partial charge in [0.1, 0.15) is 0 Å². The molecule has 0 atom stereocenters. The van der Waals surface area contributed by atoms with E-state index in [0.717, 1.165) is 0 Å². The number of aromatic nitrogens is 1. The first-order chi connectivity index (χ1) is 7.52.